The second-order valence-corrected chi connectivity index (χ2v) is 5.52. The van der Waals surface area contributed by atoms with E-state index in [0.29, 0.717) is 31.1 Å². The Labute approximate surface area is 131 Å². The number of amides is 1. The second kappa shape index (κ2) is 9.17. The first-order chi connectivity index (χ1) is 10.4. The van der Waals surface area contributed by atoms with E-state index in [1.807, 2.05) is 24.3 Å². The van der Waals surface area contributed by atoms with Crippen LogP contribution in [-0.4, -0.2) is 36.1 Å². The molecule has 1 amide bonds. The first-order valence-electron chi connectivity index (χ1n) is 7.50. The van der Waals surface area contributed by atoms with Gasteiger partial charge in [-0.25, -0.2) is 0 Å². The van der Waals surface area contributed by atoms with Gasteiger partial charge in [0.25, 0.3) is 0 Å². The standard InChI is InChI=1S/C16H25N3O3/c1-11(2)12-4-6-13(7-5-12)19-15(20)10-14(16(21)22)18-9-3-8-17/h4-7,11,14,18H,3,8-10,17H2,1-2H3,(H,19,20)(H,21,22)/t14-/m0/s1. The molecule has 1 atom stereocenters. The van der Waals surface area contributed by atoms with Crippen LogP contribution in [0, 0.1) is 0 Å². The van der Waals surface area contributed by atoms with Gasteiger partial charge in [-0.15, -0.1) is 0 Å². The summed E-state index contributed by atoms with van der Waals surface area (Å²) in [4.78, 5) is 23.1. The SMILES string of the molecule is CC(C)c1ccc(NC(=O)C[C@H](NCCCN)C(=O)O)cc1. The molecule has 1 aromatic carbocycles. The maximum absolute atomic E-state index is 11.9. The Kier molecular flexibility index (Phi) is 7.56. The molecule has 5 N–H and O–H groups in total. The number of carbonyl (C=O) groups excluding carboxylic acids is 1. The van der Waals surface area contributed by atoms with E-state index >= 15 is 0 Å². The summed E-state index contributed by atoms with van der Waals surface area (Å²) in [5, 5.41) is 14.6. The molecular formula is C16H25N3O3. The highest BCUT2D eigenvalue weighted by Crippen LogP contribution is 2.17. The summed E-state index contributed by atoms with van der Waals surface area (Å²) in [5.41, 5.74) is 7.21. The van der Waals surface area contributed by atoms with Gasteiger partial charge in [0.1, 0.15) is 6.04 Å². The zero-order valence-corrected chi connectivity index (χ0v) is 13.1. The van der Waals surface area contributed by atoms with Gasteiger partial charge in [0.2, 0.25) is 5.91 Å². The first-order valence-corrected chi connectivity index (χ1v) is 7.50. The Morgan fingerprint density at radius 1 is 1.23 bits per heavy atom. The molecule has 0 spiro atoms. The molecule has 0 bridgehead atoms. The Morgan fingerprint density at radius 2 is 1.86 bits per heavy atom. The quantitative estimate of drug-likeness (QED) is 0.518. The number of carboxylic acids is 1. The number of anilines is 1. The van der Waals surface area contributed by atoms with E-state index < -0.39 is 12.0 Å². The number of benzene rings is 1. The Morgan fingerprint density at radius 3 is 2.36 bits per heavy atom. The van der Waals surface area contributed by atoms with Crippen LogP contribution in [0.15, 0.2) is 24.3 Å². The number of aliphatic carboxylic acids is 1. The fraction of sp³-hybridized carbons (Fsp3) is 0.500. The second-order valence-electron chi connectivity index (χ2n) is 5.52. The van der Waals surface area contributed by atoms with E-state index in [4.69, 9.17) is 10.8 Å². The third-order valence-corrected chi connectivity index (χ3v) is 3.32. The molecule has 22 heavy (non-hydrogen) atoms. The molecule has 0 fully saturated rings. The van der Waals surface area contributed by atoms with Crippen molar-refractivity contribution in [2.75, 3.05) is 18.4 Å². The van der Waals surface area contributed by atoms with Crippen LogP contribution < -0.4 is 16.4 Å². The Hall–Kier alpha value is -1.92. The summed E-state index contributed by atoms with van der Waals surface area (Å²) in [6.45, 7) is 5.15. The van der Waals surface area contributed by atoms with E-state index in [2.05, 4.69) is 24.5 Å². The minimum absolute atomic E-state index is 0.119. The van der Waals surface area contributed by atoms with Gasteiger partial charge < -0.3 is 21.5 Å². The molecule has 0 saturated carbocycles. The minimum atomic E-state index is -1.04. The van der Waals surface area contributed by atoms with Crippen LogP contribution in [0.1, 0.15) is 38.2 Å². The molecule has 0 aliphatic rings. The fourth-order valence-electron chi connectivity index (χ4n) is 1.97. The smallest absolute Gasteiger partial charge is 0.321 e. The van der Waals surface area contributed by atoms with Crippen molar-refractivity contribution in [1.29, 1.82) is 0 Å². The summed E-state index contributed by atoms with van der Waals surface area (Å²) >= 11 is 0. The van der Waals surface area contributed by atoms with Crippen molar-refractivity contribution in [3.05, 3.63) is 29.8 Å². The zero-order valence-electron chi connectivity index (χ0n) is 13.1. The number of carbonyl (C=O) groups is 2. The van der Waals surface area contributed by atoms with Gasteiger partial charge in [0.15, 0.2) is 0 Å². The average Bonchev–Trinajstić information content (AvgIpc) is 2.46. The average molecular weight is 307 g/mol. The number of carboxylic acid groups (broad SMARTS) is 1. The van der Waals surface area contributed by atoms with Crippen molar-refractivity contribution in [3.8, 4) is 0 Å². The molecule has 122 valence electrons. The molecule has 6 nitrogen and oxygen atoms in total. The zero-order chi connectivity index (χ0) is 16.5. The molecule has 0 saturated heterocycles. The predicted molar refractivity (Wildman–Crippen MR) is 86.9 cm³/mol. The molecular weight excluding hydrogens is 282 g/mol. The summed E-state index contributed by atoms with van der Waals surface area (Å²) in [6.07, 6.45) is 0.550. The highest BCUT2D eigenvalue weighted by molar-refractivity contribution is 5.94. The van der Waals surface area contributed by atoms with Crippen molar-refractivity contribution in [1.82, 2.24) is 5.32 Å². The number of hydrogen-bond donors (Lipinski definition) is 4. The number of nitrogens with one attached hydrogen (secondary N) is 2. The Balaban J connectivity index is 2.53. The lowest BCUT2D eigenvalue weighted by Gasteiger charge is -2.14. The highest BCUT2D eigenvalue weighted by atomic mass is 16.4. The molecule has 0 aliphatic carbocycles. The van der Waals surface area contributed by atoms with Crippen LogP contribution in [0.3, 0.4) is 0 Å². The Bertz CT molecular complexity index is 486. The maximum atomic E-state index is 11.9. The summed E-state index contributed by atoms with van der Waals surface area (Å²) in [5.74, 6) is -0.944. The topological polar surface area (TPSA) is 104 Å². The van der Waals surface area contributed by atoms with Crippen molar-refractivity contribution in [2.45, 2.75) is 38.6 Å². The molecule has 0 aromatic heterocycles. The van der Waals surface area contributed by atoms with E-state index in [0.717, 1.165) is 0 Å². The van der Waals surface area contributed by atoms with Gasteiger partial charge in [-0.2, -0.15) is 0 Å². The number of hydrogen-bond acceptors (Lipinski definition) is 4. The lowest BCUT2D eigenvalue weighted by Crippen LogP contribution is -2.40. The van der Waals surface area contributed by atoms with E-state index in [-0.39, 0.29) is 12.3 Å². The van der Waals surface area contributed by atoms with E-state index in [1.165, 1.54) is 5.56 Å². The molecule has 6 heteroatoms. The summed E-state index contributed by atoms with van der Waals surface area (Å²) in [6, 6.07) is 6.65. The maximum Gasteiger partial charge on any atom is 0.321 e. The summed E-state index contributed by atoms with van der Waals surface area (Å²) < 4.78 is 0. The van der Waals surface area contributed by atoms with Gasteiger partial charge in [0, 0.05) is 5.69 Å². The van der Waals surface area contributed by atoms with Crippen molar-refractivity contribution >= 4 is 17.6 Å². The van der Waals surface area contributed by atoms with Crippen LogP contribution in [-0.2, 0) is 9.59 Å². The molecule has 1 aromatic rings. The fourth-order valence-corrected chi connectivity index (χ4v) is 1.97. The van der Waals surface area contributed by atoms with Crippen molar-refractivity contribution in [3.63, 3.8) is 0 Å². The monoisotopic (exact) mass is 307 g/mol. The van der Waals surface area contributed by atoms with Crippen molar-refractivity contribution < 1.29 is 14.7 Å². The van der Waals surface area contributed by atoms with Crippen LogP contribution in [0.2, 0.25) is 0 Å². The molecule has 0 aliphatic heterocycles. The lowest BCUT2D eigenvalue weighted by molar-refractivity contribution is -0.141. The van der Waals surface area contributed by atoms with Crippen LogP contribution >= 0.6 is 0 Å². The molecule has 1 rings (SSSR count). The third kappa shape index (κ3) is 6.24. The van der Waals surface area contributed by atoms with Gasteiger partial charge in [-0.3, -0.25) is 9.59 Å². The lowest BCUT2D eigenvalue weighted by atomic mass is 10.0. The number of rotatable bonds is 9. The normalized spacial score (nSPS) is 12.2. The van der Waals surface area contributed by atoms with Gasteiger partial charge in [0.05, 0.1) is 6.42 Å². The minimum Gasteiger partial charge on any atom is -0.480 e. The first kappa shape index (κ1) is 18.1. The van der Waals surface area contributed by atoms with Gasteiger partial charge >= 0.3 is 5.97 Å². The van der Waals surface area contributed by atoms with Crippen LogP contribution in [0.4, 0.5) is 5.69 Å². The summed E-state index contributed by atoms with van der Waals surface area (Å²) in [7, 11) is 0. The molecule has 0 unspecified atom stereocenters. The highest BCUT2D eigenvalue weighted by Gasteiger charge is 2.20. The van der Waals surface area contributed by atoms with Crippen LogP contribution in [0.25, 0.3) is 0 Å². The largest absolute Gasteiger partial charge is 0.480 e. The number of nitrogens with two attached hydrogens (primary N) is 1. The molecule has 0 radical (unpaired) electrons. The molecule has 0 heterocycles. The van der Waals surface area contributed by atoms with Crippen molar-refractivity contribution in [2.24, 2.45) is 5.73 Å². The van der Waals surface area contributed by atoms with E-state index in [9.17, 15) is 9.59 Å². The van der Waals surface area contributed by atoms with Crippen LogP contribution in [0.5, 0.6) is 0 Å². The van der Waals surface area contributed by atoms with Gasteiger partial charge in [-0.1, -0.05) is 26.0 Å². The third-order valence-electron chi connectivity index (χ3n) is 3.32. The predicted octanol–water partition coefficient (Wildman–Crippen LogP) is 1.53. The van der Waals surface area contributed by atoms with E-state index in [1.54, 1.807) is 0 Å². The van der Waals surface area contributed by atoms with Gasteiger partial charge in [-0.05, 0) is 43.1 Å².